The third kappa shape index (κ3) is 3.55. The minimum atomic E-state index is 0.0729. The van der Waals surface area contributed by atoms with Crippen LogP contribution in [0.2, 0.25) is 10.0 Å². The zero-order valence-electron chi connectivity index (χ0n) is 10.6. The van der Waals surface area contributed by atoms with Crippen LogP contribution in [-0.4, -0.2) is 5.11 Å². The molecule has 0 heterocycles. The van der Waals surface area contributed by atoms with Crippen LogP contribution in [-0.2, 0) is 13.0 Å². The monoisotopic (exact) mass is 295 g/mol. The zero-order valence-corrected chi connectivity index (χ0v) is 12.1. The summed E-state index contributed by atoms with van der Waals surface area (Å²) in [4.78, 5) is 0. The van der Waals surface area contributed by atoms with Crippen LogP contribution >= 0.6 is 23.2 Å². The number of hydrogen-bond donors (Lipinski definition) is 2. The number of anilines is 1. The van der Waals surface area contributed by atoms with Gasteiger partial charge in [0.2, 0.25) is 0 Å². The summed E-state index contributed by atoms with van der Waals surface area (Å²) < 4.78 is 0. The normalized spacial score (nSPS) is 10.5. The van der Waals surface area contributed by atoms with E-state index in [9.17, 15) is 5.11 Å². The van der Waals surface area contributed by atoms with Gasteiger partial charge in [0, 0.05) is 22.8 Å². The fourth-order valence-electron chi connectivity index (χ4n) is 1.81. The standard InChI is InChI=1S/C15H15Cl2NO/c1-2-10-3-5-13(6-4-10)18-9-11-7-12(16)8-14(17)15(11)19/h3-8,18-19H,2,9H2,1H3. The number of phenolic OH excluding ortho intramolecular Hbond substituents is 1. The number of nitrogens with one attached hydrogen (secondary N) is 1. The van der Waals surface area contributed by atoms with Gasteiger partial charge in [0.25, 0.3) is 0 Å². The fraction of sp³-hybridized carbons (Fsp3) is 0.200. The minimum absolute atomic E-state index is 0.0729. The molecule has 100 valence electrons. The molecule has 2 nitrogen and oxygen atoms in total. The van der Waals surface area contributed by atoms with Gasteiger partial charge < -0.3 is 10.4 Å². The molecule has 0 unspecified atom stereocenters. The molecular formula is C15H15Cl2NO. The first-order chi connectivity index (χ1) is 9.10. The second kappa shape index (κ2) is 6.18. The largest absolute Gasteiger partial charge is 0.506 e. The Morgan fingerprint density at radius 2 is 1.79 bits per heavy atom. The molecule has 0 amide bonds. The number of phenols is 1. The third-order valence-corrected chi connectivity index (χ3v) is 3.46. The van der Waals surface area contributed by atoms with E-state index >= 15 is 0 Å². The van der Waals surface area contributed by atoms with E-state index in [1.807, 2.05) is 12.1 Å². The molecule has 2 rings (SSSR count). The molecular weight excluding hydrogens is 281 g/mol. The molecule has 0 saturated carbocycles. The van der Waals surface area contributed by atoms with E-state index < -0.39 is 0 Å². The summed E-state index contributed by atoms with van der Waals surface area (Å²) in [7, 11) is 0. The molecule has 0 aliphatic heterocycles. The van der Waals surface area contributed by atoms with E-state index in [4.69, 9.17) is 23.2 Å². The first kappa shape index (κ1) is 14.0. The summed E-state index contributed by atoms with van der Waals surface area (Å²) >= 11 is 11.8. The Bertz CT molecular complexity index is 567. The van der Waals surface area contributed by atoms with Gasteiger partial charge in [0.1, 0.15) is 5.75 Å². The molecule has 0 atom stereocenters. The first-order valence-corrected chi connectivity index (χ1v) is 6.85. The van der Waals surface area contributed by atoms with Crippen molar-refractivity contribution in [2.45, 2.75) is 19.9 Å². The molecule has 2 N–H and O–H groups in total. The zero-order chi connectivity index (χ0) is 13.8. The van der Waals surface area contributed by atoms with Crippen LogP contribution in [0, 0.1) is 0 Å². The summed E-state index contributed by atoms with van der Waals surface area (Å²) in [5, 5.41) is 13.9. The van der Waals surface area contributed by atoms with Crippen molar-refractivity contribution < 1.29 is 5.11 Å². The van der Waals surface area contributed by atoms with E-state index in [1.165, 1.54) is 11.6 Å². The Morgan fingerprint density at radius 3 is 2.42 bits per heavy atom. The maximum atomic E-state index is 9.85. The number of aryl methyl sites for hydroxylation is 1. The van der Waals surface area contributed by atoms with Crippen molar-refractivity contribution in [1.82, 2.24) is 0 Å². The smallest absolute Gasteiger partial charge is 0.139 e. The van der Waals surface area contributed by atoms with Gasteiger partial charge in [-0.05, 0) is 36.2 Å². The summed E-state index contributed by atoms with van der Waals surface area (Å²) in [6, 6.07) is 11.4. The van der Waals surface area contributed by atoms with E-state index in [0.717, 1.165) is 12.1 Å². The Morgan fingerprint density at radius 1 is 1.11 bits per heavy atom. The van der Waals surface area contributed by atoms with Crippen molar-refractivity contribution >= 4 is 28.9 Å². The molecule has 0 radical (unpaired) electrons. The number of benzene rings is 2. The average Bonchev–Trinajstić information content (AvgIpc) is 2.41. The number of halogens is 2. The van der Waals surface area contributed by atoms with E-state index in [2.05, 4.69) is 24.4 Å². The lowest BCUT2D eigenvalue weighted by Crippen LogP contribution is -2.00. The molecule has 0 fully saturated rings. The Balaban J connectivity index is 2.09. The van der Waals surface area contributed by atoms with Gasteiger partial charge >= 0.3 is 0 Å². The van der Waals surface area contributed by atoms with Crippen LogP contribution in [0.1, 0.15) is 18.1 Å². The van der Waals surface area contributed by atoms with Crippen molar-refractivity contribution in [3.63, 3.8) is 0 Å². The lowest BCUT2D eigenvalue weighted by atomic mass is 10.1. The fourth-order valence-corrected chi connectivity index (χ4v) is 2.35. The molecule has 19 heavy (non-hydrogen) atoms. The highest BCUT2D eigenvalue weighted by atomic mass is 35.5. The van der Waals surface area contributed by atoms with Crippen LogP contribution in [0.3, 0.4) is 0 Å². The molecule has 0 aliphatic rings. The van der Waals surface area contributed by atoms with Crippen LogP contribution in [0.15, 0.2) is 36.4 Å². The topological polar surface area (TPSA) is 32.3 Å². The molecule has 0 saturated heterocycles. The van der Waals surface area contributed by atoms with E-state index in [-0.39, 0.29) is 10.8 Å². The first-order valence-electron chi connectivity index (χ1n) is 6.10. The Kier molecular flexibility index (Phi) is 4.56. The van der Waals surface area contributed by atoms with E-state index in [0.29, 0.717) is 17.1 Å². The minimum Gasteiger partial charge on any atom is -0.506 e. The third-order valence-electron chi connectivity index (χ3n) is 2.95. The molecule has 0 bridgehead atoms. The number of hydrogen-bond acceptors (Lipinski definition) is 2. The lowest BCUT2D eigenvalue weighted by molar-refractivity contribution is 0.469. The summed E-state index contributed by atoms with van der Waals surface area (Å²) in [6.07, 6.45) is 1.02. The van der Waals surface area contributed by atoms with Gasteiger partial charge in [0.05, 0.1) is 5.02 Å². The maximum Gasteiger partial charge on any atom is 0.139 e. The van der Waals surface area contributed by atoms with Crippen LogP contribution in [0.5, 0.6) is 5.75 Å². The van der Waals surface area contributed by atoms with E-state index in [1.54, 1.807) is 6.07 Å². The van der Waals surface area contributed by atoms with Crippen LogP contribution < -0.4 is 5.32 Å². The quantitative estimate of drug-likeness (QED) is 0.843. The van der Waals surface area contributed by atoms with Crippen molar-refractivity contribution in [2.75, 3.05) is 5.32 Å². The molecule has 0 aromatic heterocycles. The molecule has 0 aliphatic carbocycles. The van der Waals surface area contributed by atoms with Gasteiger partial charge in [-0.1, -0.05) is 42.3 Å². The highest BCUT2D eigenvalue weighted by Gasteiger charge is 2.07. The summed E-state index contributed by atoms with van der Waals surface area (Å²) in [6.45, 7) is 2.59. The predicted octanol–water partition coefficient (Wildman–Crippen LogP) is 4.87. The molecule has 4 heteroatoms. The van der Waals surface area contributed by atoms with Crippen molar-refractivity contribution in [2.24, 2.45) is 0 Å². The molecule has 2 aromatic rings. The van der Waals surface area contributed by atoms with Crippen LogP contribution in [0.25, 0.3) is 0 Å². The maximum absolute atomic E-state index is 9.85. The number of rotatable bonds is 4. The van der Waals surface area contributed by atoms with Crippen LogP contribution in [0.4, 0.5) is 5.69 Å². The summed E-state index contributed by atoms with van der Waals surface area (Å²) in [5.74, 6) is 0.0729. The van der Waals surface area contributed by atoms with Crippen molar-refractivity contribution in [3.8, 4) is 5.75 Å². The highest BCUT2D eigenvalue weighted by Crippen LogP contribution is 2.31. The van der Waals surface area contributed by atoms with Gasteiger partial charge in [0.15, 0.2) is 0 Å². The second-order valence-electron chi connectivity index (χ2n) is 4.30. The van der Waals surface area contributed by atoms with Gasteiger partial charge in [-0.15, -0.1) is 0 Å². The van der Waals surface area contributed by atoms with Crippen molar-refractivity contribution in [1.29, 1.82) is 0 Å². The van der Waals surface area contributed by atoms with Gasteiger partial charge in [-0.25, -0.2) is 0 Å². The Hall–Kier alpha value is -1.38. The predicted molar refractivity (Wildman–Crippen MR) is 81.3 cm³/mol. The van der Waals surface area contributed by atoms with Gasteiger partial charge in [-0.3, -0.25) is 0 Å². The Labute approximate surface area is 123 Å². The van der Waals surface area contributed by atoms with Gasteiger partial charge in [-0.2, -0.15) is 0 Å². The average molecular weight is 296 g/mol. The lowest BCUT2D eigenvalue weighted by Gasteiger charge is -2.10. The summed E-state index contributed by atoms with van der Waals surface area (Å²) in [5.41, 5.74) is 2.96. The highest BCUT2D eigenvalue weighted by molar-refractivity contribution is 6.35. The molecule has 0 spiro atoms. The molecule has 2 aromatic carbocycles. The second-order valence-corrected chi connectivity index (χ2v) is 5.14. The SMILES string of the molecule is CCc1ccc(NCc2cc(Cl)cc(Cl)c2O)cc1. The number of aromatic hydroxyl groups is 1. The van der Waals surface area contributed by atoms with Crippen molar-refractivity contribution in [3.05, 3.63) is 57.6 Å².